The molecule has 1 rings (SSSR count). The van der Waals surface area contributed by atoms with Gasteiger partial charge in [0.05, 0.1) is 0 Å². The van der Waals surface area contributed by atoms with Crippen LogP contribution in [0.4, 0.5) is 0 Å². The molecular weight excluding hydrogens is 269 g/mol. The number of hydrogen-bond donors (Lipinski definition) is 0. The summed E-state index contributed by atoms with van der Waals surface area (Å²) in [5, 5.41) is 0. The Morgan fingerprint density at radius 3 is 2.25 bits per heavy atom. The second-order valence-corrected chi connectivity index (χ2v) is 3.64. The van der Waals surface area contributed by atoms with Gasteiger partial charge in [0.2, 0.25) is 0 Å². The summed E-state index contributed by atoms with van der Waals surface area (Å²) < 4.78 is 1.07. The van der Waals surface area contributed by atoms with Crippen LogP contribution in [0, 0.1) is 0 Å². The van der Waals surface area contributed by atoms with Gasteiger partial charge in [-0.3, -0.25) is 14.5 Å². The minimum absolute atomic E-state index is 0.173. The highest BCUT2D eigenvalue weighted by molar-refractivity contribution is 14.1. The van der Waals surface area contributed by atoms with Gasteiger partial charge in [-0.25, -0.2) is 0 Å². The Morgan fingerprint density at radius 2 is 1.75 bits per heavy atom. The fourth-order valence-electron chi connectivity index (χ4n) is 1.02. The highest BCUT2D eigenvalue weighted by Gasteiger charge is 2.21. The van der Waals surface area contributed by atoms with Gasteiger partial charge < -0.3 is 0 Å². The first-order chi connectivity index (χ1) is 5.75. The molecular formula is C8H10INO2. The molecule has 0 saturated heterocycles. The monoisotopic (exact) mass is 279 g/mol. The molecule has 12 heavy (non-hydrogen) atoms. The molecule has 0 fully saturated rings. The molecule has 0 unspecified atom stereocenters. The molecule has 0 aliphatic carbocycles. The third kappa shape index (κ3) is 2.30. The van der Waals surface area contributed by atoms with Crippen LogP contribution in [0.2, 0.25) is 0 Å². The first-order valence-electron chi connectivity index (χ1n) is 3.85. The Hall–Kier alpha value is -0.390. The molecule has 0 aromatic carbocycles. The summed E-state index contributed by atoms with van der Waals surface area (Å²) in [4.78, 5) is 23.3. The van der Waals surface area contributed by atoms with E-state index in [2.05, 4.69) is 22.6 Å². The normalized spacial score (nSPS) is 16.2. The highest BCUT2D eigenvalue weighted by atomic mass is 127. The Balaban J connectivity index is 2.33. The van der Waals surface area contributed by atoms with Crippen LogP contribution in [0.1, 0.15) is 12.8 Å². The van der Waals surface area contributed by atoms with Crippen molar-refractivity contribution in [2.75, 3.05) is 11.0 Å². The first-order valence-corrected chi connectivity index (χ1v) is 5.38. The lowest BCUT2D eigenvalue weighted by molar-refractivity contribution is -0.136. The number of unbranched alkanes of at least 4 members (excludes halogenated alkanes) is 1. The zero-order valence-corrected chi connectivity index (χ0v) is 8.78. The summed E-state index contributed by atoms with van der Waals surface area (Å²) in [5.41, 5.74) is 0. The molecule has 1 aliphatic rings. The molecule has 4 heteroatoms. The molecule has 1 heterocycles. The van der Waals surface area contributed by atoms with Gasteiger partial charge >= 0.3 is 0 Å². The summed E-state index contributed by atoms with van der Waals surface area (Å²) in [5.74, 6) is -0.345. The van der Waals surface area contributed by atoms with Crippen LogP contribution in [-0.2, 0) is 9.59 Å². The number of carbonyl (C=O) groups is 2. The average Bonchev–Trinajstić information content (AvgIpc) is 2.35. The van der Waals surface area contributed by atoms with Crippen LogP contribution in [0.5, 0.6) is 0 Å². The van der Waals surface area contributed by atoms with E-state index >= 15 is 0 Å². The van der Waals surface area contributed by atoms with Crippen LogP contribution in [0.3, 0.4) is 0 Å². The fourth-order valence-corrected chi connectivity index (χ4v) is 1.56. The number of amides is 2. The van der Waals surface area contributed by atoms with Crippen molar-refractivity contribution in [1.29, 1.82) is 0 Å². The number of alkyl halides is 1. The zero-order valence-electron chi connectivity index (χ0n) is 6.62. The number of nitrogens with zero attached hydrogens (tertiary/aromatic N) is 1. The average molecular weight is 279 g/mol. The summed E-state index contributed by atoms with van der Waals surface area (Å²) in [7, 11) is 0. The fraction of sp³-hybridized carbons (Fsp3) is 0.500. The first kappa shape index (κ1) is 9.70. The summed E-state index contributed by atoms with van der Waals surface area (Å²) in [6.07, 6.45) is 4.61. The van der Waals surface area contributed by atoms with Crippen LogP contribution in [0.25, 0.3) is 0 Å². The SMILES string of the molecule is O=C1C=CC(=O)N1CCCCI. The van der Waals surface area contributed by atoms with Gasteiger partial charge in [0.1, 0.15) is 0 Å². The van der Waals surface area contributed by atoms with Crippen molar-refractivity contribution < 1.29 is 9.59 Å². The number of hydrogen-bond acceptors (Lipinski definition) is 2. The number of halogens is 1. The van der Waals surface area contributed by atoms with Gasteiger partial charge in [-0.15, -0.1) is 0 Å². The Morgan fingerprint density at radius 1 is 1.17 bits per heavy atom. The van der Waals surface area contributed by atoms with Crippen molar-refractivity contribution in [3.63, 3.8) is 0 Å². The predicted octanol–water partition coefficient (Wildman–Crippen LogP) is 1.13. The van der Waals surface area contributed by atoms with E-state index < -0.39 is 0 Å². The molecule has 0 spiro atoms. The third-order valence-corrected chi connectivity index (χ3v) is 2.43. The molecule has 0 saturated carbocycles. The smallest absolute Gasteiger partial charge is 0.253 e. The molecule has 0 aromatic heterocycles. The lowest BCUT2D eigenvalue weighted by atomic mass is 10.3. The highest BCUT2D eigenvalue weighted by Crippen LogP contribution is 2.05. The van der Waals surface area contributed by atoms with Gasteiger partial charge in [-0.1, -0.05) is 22.6 Å². The summed E-state index contributed by atoms with van der Waals surface area (Å²) >= 11 is 2.28. The molecule has 1 aliphatic heterocycles. The van der Waals surface area contributed by atoms with Crippen molar-refractivity contribution in [1.82, 2.24) is 4.90 Å². The van der Waals surface area contributed by atoms with Gasteiger partial charge in [-0.05, 0) is 17.3 Å². The second kappa shape index (κ2) is 4.59. The van der Waals surface area contributed by atoms with Crippen molar-refractivity contribution in [3.8, 4) is 0 Å². The van der Waals surface area contributed by atoms with Crippen molar-refractivity contribution in [2.24, 2.45) is 0 Å². The van der Waals surface area contributed by atoms with E-state index in [0.29, 0.717) is 6.54 Å². The molecule has 0 atom stereocenters. The molecule has 0 N–H and O–H groups in total. The number of rotatable bonds is 4. The standard InChI is InChI=1S/C8H10INO2/c9-5-1-2-6-10-7(11)3-4-8(10)12/h3-4H,1-2,5-6H2. The molecule has 0 aromatic rings. The van der Waals surface area contributed by atoms with E-state index in [9.17, 15) is 9.59 Å². The maximum Gasteiger partial charge on any atom is 0.253 e. The topological polar surface area (TPSA) is 37.4 Å². The van der Waals surface area contributed by atoms with E-state index in [1.165, 1.54) is 17.1 Å². The van der Waals surface area contributed by atoms with E-state index in [-0.39, 0.29) is 11.8 Å². The summed E-state index contributed by atoms with van der Waals surface area (Å²) in [6, 6.07) is 0. The molecule has 66 valence electrons. The quantitative estimate of drug-likeness (QED) is 0.335. The van der Waals surface area contributed by atoms with Gasteiger partial charge in [-0.2, -0.15) is 0 Å². The molecule has 3 nitrogen and oxygen atoms in total. The Kier molecular flexibility index (Phi) is 3.71. The van der Waals surface area contributed by atoms with Crippen LogP contribution < -0.4 is 0 Å². The minimum Gasteiger partial charge on any atom is -0.275 e. The number of carbonyl (C=O) groups excluding carboxylic acids is 2. The van der Waals surface area contributed by atoms with Crippen molar-refractivity contribution in [2.45, 2.75) is 12.8 Å². The van der Waals surface area contributed by atoms with Gasteiger partial charge in [0.15, 0.2) is 0 Å². The van der Waals surface area contributed by atoms with Crippen LogP contribution in [0.15, 0.2) is 12.2 Å². The van der Waals surface area contributed by atoms with Crippen LogP contribution in [-0.4, -0.2) is 27.7 Å². The van der Waals surface area contributed by atoms with E-state index in [1.54, 1.807) is 0 Å². The molecule has 0 radical (unpaired) electrons. The largest absolute Gasteiger partial charge is 0.275 e. The minimum atomic E-state index is -0.173. The zero-order chi connectivity index (χ0) is 8.97. The second-order valence-electron chi connectivity index (χ2n) is 2.56. The van der Waals surface area contributed by atoms with Crippen LogP contribution >= 0.6 is 22.6 Å². The third-order valence-electron chi connectivity index (χ3n) is 1.67. The lowest BCUT2D eigenvalue weighted by Crippen LogP contribution is -2.30. The summed E-state index contributed by atoms with van der Waals surface area (Å²) in [6.45, 7) is 0.563. The maximum absolute atomic E-state index is 11.0. The van der Waals surface area contributed by atoms with Gasteiger partial charge in [0, 0.05) is 18.7 Å². The van der Waals surface area contributed by atoms with E-state index in [1.807, 2.05) is 0 Å². The Labute approximate surface area is 84.9 Å². The Bertz CT molecular complexity index is 207. The number of imide groups is 1. The van der Waals surface area contributed by atoms with E-state index in [4.69, 9.17) is 0 Å². The predicted molar refractivity (Wildman–Crippen MR) is 54.0 cm³/mol. The van der Waals surface area contributed by atoms with E-state index in [0.717, 1.165) is 17.3 Å². The van der Waals surface area contributed by atoms with Crippen molar-refractivity contribution >= 4 is 34.4 Å². The molecule has 0 bridgehead atoms. The molecule has 2 amide bonds. The van der Waals surface area contributed by atoms with Crippen molar-refractivity contribution in [3.05, 3.63) is 12.2 Å². The van der Waals surface area contributed by atoms with Gasteiger partial charge in [0.25, 0.3) is 11.8 Å². The lowest BCUT2D eigenvalue weighted by Gasteiger charge is -2.12. The maximum atomic E-state index is 11.0.